The summed E-state index contributed by atoms with van der Waals surface area (Å²) < 4.78 is -0.401. The first-order valence-electron chi connectivity index (χ1n) is 15.4. The summed E-state index contributed by atoms with van der Waals surface area (Å²) in [5.74, 6) is -2.01. The molecule has 4 heterocycles. The van der Waals surface area contributed by atoms with Gasteiger partial charge in [-0.2, -0.15) is 4.48 Å². The van der Waals surface area contributed by atoms with Gasteiger partial charge in [-0.1, -0.05) is 48.5 Å². The molecule has 3 aliphatic heterocycles. The summed E-state index contributed by atoms with van der Waals surface area (Å²) in [4.78, 5) is 61.1. The quantitative estimate of drug-likeness (QED) is 0.305. The van der Waals surface area contributed by atoms with E-state index in [1.54, 1.807) is 9.80 Å². The summed E-state index contributed by atoms with van der Waals surface area (Å²) in [6.07, 6.45) is 2.55. The third-order valence-electron chi connectivity index (χ3n) is 10.0. The van der Waals surface area contributed by atoms with Crippen LogP contribution in [0, 0.1) is 5.92 Å². The Morgan fingerprint density at radius 1 is 0.864 bits per heavy atom. The predicted octanol–water partition coefficient (Wildman–Crippen LogP) is 4.15. The van der Waals surface area contributed by atoms with Crippen LogP contribution in [0.25, 0.3) is 21.7 Å². The number of fused-ring (bicyclic) bond motifs is 4. The number of rotatable bonds is 4. The third kappa shape index (κ3) is 4.35. The highest BCUT2D eigenvalue weighted by Gasteiger charge is 2.56. The van der Waals surface area contributed by atoms with Gasteiger partial charge in [0.05, 0.1) is 11.6 Å². The number of carbonyl (C=O) groups is 4. The maximum atomic E-state index is 14.9. The van der Waals surface area contributed by atoms with Gasteiger partial charge in [0.2, 0.25) is 5.91 Å². The molecule has 44 heavy (non-hydrogen) atoms. The van der Waals surface area contributed by atoms with E-state index in [2.05, 4.69) is 4.98 Å². The Labute approximate surface area is 254 Å². The van der Waals surface area contributed by atoms with Crippen molar-refractivity contribution in [1.29, 1.82) is 0 Å². The van der Waals surface area contributed by atoms with E-state index >= 15 is 0 Å². The highest BCUT2D eigenvalue weighted by Crippen LogP contribution is 2.43. The Bertz CT molecular complexity index is 1810. The van der Waals surface area contributed by atoms with E-state index < -0.39 is 34.5 Å². The zero-order valence-corrected chi connectivity index (χ0v) is 24.4. The number of primary amides is 1. The van der Waals surface area contributed by atoms with Crippen LogP contribution in [0.1, 0.15) is 36.9 Å². The van der Waals surface area contributed by atoms with Gasteiger partial charge in [0.25, 0.3) is 5.91 Å². The van der Waals surface area contributed by atoms with Gasteiger partial charge >= 0.3 is 12.0 Å². The number of nitrogens with zero attached hydrogens (tertiary/aromatic N) is 3. The number of nitrogens with one attached hydrogen (secondary N) is 1. The fraction of sp³-hybridized carbons (Fsp3) is 0.353. The minimum atomic E-state index is -0.905. The summed E-state index contributed by atoms with van der Waals surface area (Å²) in [5, 5.41) is 12.4. The molecule has 10 nitrogen and oxygen atoms in total. The molecule has 0 aliphatic carbocycles. The lowest BCUT2D eigenvalue weighted by atomic mass is 9.90. The van der Waals surface area contributed by atoms with Crippen LogP contribution in [-0.2, 0) is 27.3 Å². The minimum Gasteiger partial charge on any atom is -0.481 e. The number of nitrogens with two attached hydrogens (primary N) is 1. The second kappa shape index (κ2) is 10.8. The lowest BCUT2D eigenvalue weighted by Crippen LogP contribution is -2.70. The number of carbonyl (C=O) groups excluding carboxylic acids is 3. The lowest BCUT2D eigenvalue weighted by molar-refractivity contribution is -0.150. The van der Waals surface area contributed by atoms with Gasteiger partial charge in [-0.15, -0.1) is 0 Å². The van der Waals surface area contributed by atoms with Crippen molar-refractivity contribution in [3.63, 3.8) is 0 Å². The third-order valence-corrected chi connectivity index (χ3v) is 10.0. The number of piperidine rings is 1. The van der Waals surface area contributed by atoms with Crippen LogP contribution in [-0.4, -0.2) is 75.4 Å². The van der Waals surface area contributed by atoms with Gasteiger partial charge in [-0.05, 0) is 48.8 Å². The first-order valence-corrected chi connectivity index (χ1v) is 15.4. The number of urea groups is 1. The molecule has 4 N–H and O–H groups in total. The number of aromatic amines is 1. The summed E-state index contributed by atoms with van der Waals surface area (Å²) in [6.45, 7) is 1.17. The number of quaternary nitrogens is 1. The zero-order chi connectivity index (χ0) is 30.6. The first kappa shape index (κ1) is 28.1. The smallest absolute Gasteiger partial charge is 0.420 e. The molecule has 2 fully saturated rings. The van der Waals surface area contributed by atoms with Crippen LogP contribution in [0.15, 0.2) is 66.7 Å². The second-order valence-corrected chi connectivity index (χ2v) is 12.4. The number of benzene rings is 3. The van der Waals surface area contributed by atoms with E-state index in [0.717, 1.165) is 32.9 Å². The fourth-order valence-electron chi connectivity index (χ4n) is 7.84. The Kier molecular flexibility index (Phi) is 6.88. The average molecular weight is 595 g/mol. The molecule has 3 aliphatic rings. The molecule has 7 rings (SSSR count). The van der Waals surface area contributed by atoms with Crippen LogP contribution < -0.4 is 10.2 Å². The number of amides is 4. The number of carboxylic acid groups (broad SMARTS) is 1. The lowest BCUT2D eigenvalue weighted by Gasteiger charge is -2.44. The number of hydrogen-bond donors (Lipinski definition) is 3. The van der Waals surface area contributed by atoms with Crippen molar-refractivity contribution in [2.24, 2.45) is 11.7 Å². The van der Waals surface area contributed by atoms with Gasteiger partial charge in [0, 0.05) is 48.4 Å². The van der Waals surface area contributed by atoms with Crippen molar-refractivity contribution in [1.82, 2.24) is 19.3 Å². The molecule has 0 spiro atoms. The Hall–Kier alpha value is -4.70. The molecule has 1 aromatic heterocycles. The number of carboxylic acids is 1. The van der Waals surface area contributed by atoms with E-state index in [9.17, 15) is 24.3 Å². The fourth-order valence-corrected chi connectivity index (χ4v) is 7.84. The normalized spacial score (nSPS) is 25.2. The maximum absolute atomic E-state index is 14.9. The first-order chi connectivity index (χ1) is 21.3. The number of H-pyrrole nitrogens is 1. The molecule has 10 heteroatoms. The van der Waals surface area contributed by atoms with Crippen LogP contribution in [0.5, 0.6) is 0 Å². The van der Waals surface area contributed by atoms with Crippen LogP contribution in [0.4, 0.5) is 10.5 Å². The molecule has 2 saturated heterocycles. The molecule has 0 radical (unpaired) electrons. The standard InChI is InChI=1S/C34H35N5O5/c35-34(44)39(29-15-5-9-21-8-1-2-11-23(21)29)20-27-25(24-12-3-4-13-26(24)36-27)18-30(39)32(41)38-17-7-14-28(38)31(40)37-16-6-10-22(19-37)33(42)43/h1-5,8-9,11-13,15,22,28,30,36H,6-7,10,14,16-20H2,(H2-,35,42,43,44)/p+1/t22?,28-,30+,39?/m0/s1. The molecule has 3 aromatic carbocycles. The van der Waals surface area contributed by atoms with E-state index in [4.69, 9.17) is 5.73 Å². The summed E-state index contributed by atoms with van der Waals surface area (Å²) >= 11 is 0. The van der Waals surface area contributed by atoms with Crippen molar-refractivity contribution in [2.75, 3.05) is 19.6 Å². The van der Waals surface area contributed by atoms with Gasteiger partial charge in [0.15, 0.2) is 11.7 Å². The maximum Gasteiger partial charge on any atom is 0.420 e. The Morgan fingerprint density at radius 3 is 2.39 bits per heavy atom. The van der Waals surface area contributed by atoms with Gasteiger partial charge in [-0.3, -0.25) is 14.4 Å². The monoisotopic (exact) mass is 594 g/mol. The second-order valence-electron chi connectivity index (χ2n) is 12.4. The molecular weight excluding hydrogens is 558 g/mol. The summed E-state index contributed by atoms with van der Waals surface area (Å²) in [5.41, 5.74) is 9.81. The van der Waals surface area contributed by atoms with Crippen LogP contribution in [0.2, 0.25) is 0 Å². The molecule has 2 unspecified atom stereocenters. The number of aromatic nitrogens is 1. The number of likely N-dealkylation sites (tertiary alicyclic amines) is 2. The summed E-state index contributed by atoms with van der Waals surface area (Å²) in [6, 6.07) is 19.2. The van der Waals surface area contributed by atoms with Gasteiger partial charge < -0.3 is 25.6 Å². The predicted molar refractivity (Wildman–Crippen MR) is 166 cm³/mol. The number of para-hydroxylation sites is 1. The largest absolute Gasteiger partial charge is 0.481 e. The topological polar surface area (TPSA) is 137 Å². The van der Waals surface area contributed by atoms with Gasteiger partial charge in [-0.25, -0.2) is 4.79 Å². The SMILES string of the molecule is NC(=O)[N+]1(c2cccc3ccccc23)Cc2[nH]c3ccccc3c2C[C@@H]1C(=O)N1CCC[C@H]1C(=O)N1CCCC(C(=O)O)C1. The zero-order valence-electron chi connectivity index (χ0n) is 24.4. The molecule has 0 bridgehead atoms. The molecule has 4 amide bonds. The molecule has 4 atom stereocenters. The number of aliphatic carboxylic acids is 1. The molecule has 4 aromatic rings. The summed E-state index contributed by atoms with van der Waals surface area (Å²) in [7, 11) is 0. The van der Waals surface area contributed by atoms with Crippen molar-refractivity contribution in [2.45, 2.75) is 50.7 Å². The molecule has 226 valence electrons. The Morgan fingerprint density at radius 2 is 1.59 bits per heavy atom. The molecule has 0 saturated carbocycles. The average Bonchev–Trinajstić information content (AvgIpc) is 3.68. The van der Waals surface area contributed by atoms with Crippen molar-refractivity contribution in [3.8, 4) is 0 Å². The van der Waals surface area contributed by atoms with Crippen LogP contribution >= 0.6 is 0 Å². The van der Waals surface area contributed by atoms with Gasteiger partial charge in [0.1, 0.15) is 12.6 Å². The van der Waals surface area contributed by atoms with Crippen molar-refractivity contribution < 1.29 is 24.3 Å². The molecular formula is C34H36N5O5+. The van der Waals surface area contributed by atoms with E-state index in [1.807, 2.05) is 66.7 Å². The number of hydrogen-bond acceptors (Lipinski definition) is 4. The van der Waals surface area contributed by atoms with E-state index in [1.165, 1.54) is 0 Å². The highest BCUT2D eigenvalue weighted by atomic mass is 16.4. The van der Waals surface area contributed by atoms with Crippen molar-refractivity contribution in [3.05, 3.63) is 78.0 Å². The van der Waals surface area contributed by atoms with E-state index in [0.29, 0.717) is 44.5 Å². The highest BCUT2D eigenvalue weighted by molar-refractivity contribution is 6.05. The van der Waals surface area contributed by atoms with E-state index in [-0.39, 0.29) is 31.3 Å². The van der Waals surface area contributed by atoms with Crippen molar-refractivity contribution >= 4 is 51.2 Å². The Balaban J connectivity index is 1.33. The minimum absolute atomic E-state index is 0.145. The van der Waals surface area contributed by atoms with Crippen LogP contribution in [0.3, 0.4) is 0 Å².